The van der Waals surface area contributed by atoms with Crippen molar-refractivity contribution in [1.82, 2.24) is 5.32 Å². The molecule has 18 heavy (non-hydrogen) atoms. The number of methoxy groups -OCH3 is 1. The molecular weight excluding hydrogens is 254 g/mol. The molecule has 1 heterocycles. The van der Waals surface area contributed by atoms with E-state index >= 15 is 0 Å². The molecule has 0 bridgehead atoms. The van der Waals surface area contributed by atoms with Crippen molar-refractivity contribution in [3.05, 3.63) is 23.8 Å². The first-order chi connectivity index (χ1) is 8.54. The van der Waals surface area contributed by atoms with Crippen LogP contribution in [-0.4, -0.2) is 41.5 Å². The third kappa shape index (κ3) is 2.66. The van der Waals surface area contributed by atoms with Crippen LogP contribution in [0.2, 0.25) is 0 Å². The van der Waals surface area contributed by atoms with Gasteiger partial charge in [0, 0.05) is 24.9 Å². The van der Waals surface area contributed by atoms with Crippen LogP contribution in [0.3, 0.4) is 0 Å². The summed E-state index contributed by atoms with van der Waals surface area (Å²) in [5.41, 5.74) is 0.606. The molecule has 100 valence electrons. The number of ether oxygens (including phenoxy) is 2. The molecule has 1 atom stereocenters. The van der Waals surface area contributed by atoms with Gasteiger partial charge in [0.2, 0.25) is 0 Å². The third-order valence-electron chi connectivity index (χ3n) is 2.90. The standard InChI is InChI=1S/C12H17NO4S/c1-16-9-4-3-5-11(18(2,14)15)12(9)10-8-13-6-7-17-10/h3-5,10,13H,6-8H2,1-2H3. The number of sulfone groups is 1. The monoisotopic (exact) mass is 271 g/mol. The summed E-state index contributed by atoms with van der Waals surface area (Å²) in [4.78, 5) is 0.274. The molecule has 0 amide bonds. The zero-order valence-electron chi connectivity index (χ0n) is 10.5. The molecule has 6 heteroatoms. The predicted molar refractivity (Wildman–Crippen MR) is 67.7 cm³/mol. The van der Waals surface area contributed by atoms with Crippen LogP contribution in [-0.2, 0) is 14.6 Å². The van der Waals surface area contributed by atoms with E-state index in [1.807, 2.05) is 0 Å². The van der Waals surface area contributed by atoms with E-state index in [1.165, 1.54) is 13.4 Å². The molecule has 1 aliphatic heterocycles. The van der Waals surface area contributed by atoms with Crippen molar-refractivity contribution in [2.75, 3.05) is 33.1 Å². The quantitative estimate of drug-likeness (QED) is 0.879. The number of hydrogen-bond donors (Lipinski definition) is 1. The topological polar surface area (TPSA) is 64.6 Å². The SMILES string of the molecule is COc1cccc(S(C)(=O)=O)c1C1CNCCO1. The van der Waals surface area contributed by atoms with E-state index in [2.05, 4.69) is 5.32 Å². The fourth-order valence-electron chi connectivity index (χ4n) is 2.09. The van der Waals surface area contributed by atoms with E-state index in [0.29, 0.717) is 24.5 Å². The minimum atomic E-state index is -3.30. The Bertz CT molecular complexity index is 521. The summed E-state index contributed by atoms with van der Waals surface area (Å²) in [5.74, 6) is 0.548. The third-order valence-corrected chi connectivity index (χ3v) is 4.05. The molecule has 1 unspecified atom stereocenters. The maximum atomic E-state index is 11.8. The molecular formula is C12H17NO4S. The highest BCUT2D eigenvalue weighted by Crippen LogP contribution is 2.34. The Balaban J connectivity index is 2.53. The number of nitrogens with one attached hydrogen (secondary N) is 1. The van der Waals surface area contributed by atoms with Crippen molar-refractivity contribution in [3.63, 3.8) is 0 Å². The van der Waals surface area contributed by atoms with Gasteiger partial charge in [-0.25, -0.2) is 8.42 Å². The molecule has 0 aromatic heterocycles. The van der Waals surface area contributed by atoms with E-state index in [0.717, 1.165) is 6.54 Å². The molecule has 1 aromatic carbocycles. The Morgan fingerprint density at radius 1 is 1.44 bits per heavy atom. The van der Waals surface area contributed by atoms with Crippen molar-refractivity contribution in [3.8, 4) is 5.75 Å². The smallest absolute Gasteiger partial charge is 0.176 e. The van der Waals surface area contributed by atoms with Crippen LogP contribution >= 0.6 is 0 Å². The minimum Gasteiger partial charge on any atom is -0.496 e. The fraction of sp³-hybridized carbons (Fsp3) is 0.500. The lowest BCUT2D eigenvalue weighted by atomic mass is 10.1. The summed E-state index contributed by atoms with van der Waals surface area (Å²) in [6.45, 7) is 1.93. The van der Waals surface area contributed by atoms with Gasteiger partial charge in [-0.15, -0.1) is 0 Å². The van der Waals surface area contributed by atoms with Crippen molar-refractivity contribution < 1.29 is 17.9 Å². The number of rotatable bonds is 3. The van der Waals surface area contributed by atoms with Gasteiger partial charge < -0.3 is 14.8 Å². The van der Waals surface area contributed by atoms with Crippen molar-refractivity contribution in [2.45, 2.75) is 11.0 Å². The Morgan fingerprint density at radius 2 is 2.22 bits per heavy atom. The van der Waals surface area contributed by atoms with Crippen LogP contribution in [0.25, 0.3) is 0 Å². The summed E-state index contributed by atoms with van der Waals surface area (Å²) in [6.07, 6.45) is 0.904. The summed E-state index contributed by atoms with van der Waals surface area (Å²) in [5, 5.41) is 3.19. The Labute approximate surface area is 107 Å². The Kier molecular flexibility index (Phi) is 3.89. The van der Waals surface area contributed by atoms with Gasteiger partial charge in [-0.1, -0.05) is 6.07 Å². The largest absolute Gasteiger partial charge is 0.496 e. The second-order valence-corrected chi connectivity index (χ2v) is 6.19. The maximum absolute atomic E-state index is 11.8. The van der Waals surface area contributed by atoms with Crippen molar-refractivity contribution >= 4 is 9.84 Å². The average Bonchev–Trinajstić information content (AvgIpc) is 2.38. The highest BCUT2D eigenvalue weighted by Gasteiger charge is 2.26. The van der Waals surface area contributed by atoms with E-state index in [9.17, 15) is 8.42 Å². The predicted octanol–water partition coefficient (Wildman–Crippen LogP) is 0.760. The van der Waals surface area contributed by atoms with Crippen LogP contribution in [0.4, 0.5) is 0 Å². The lowest BCUT2D eigenvalue weighted by Crippen LogP contribution is -2.34. The second kappa shape index (κ2) is 5.26. The van der Waals surface area contributed by atoms with Gasteiger partial charge in [0.1, 0.15) is 5.75 Å². The lowest BCUT2D eigenvalue weighted by molar-refractivity contribution is 0.0245. The van der Waals surface area contributed by atoms with E-state index in [4.69, 9.17) is 9.47 Å². The van der Waals surface area contributed by atoms with Crippen LogP contribution < -0.4 is 10.1 Å². The zero-order valence-corrected chi connectivity index (χ0v) is 11.3. The molecule has 0 aliphatic carbocycles. The average molecular weight is 271 g/mol. The first kappa shape index (κ1) is 13.3. The first-order valence-electron chi connectivity index (χ1n) is 5.73. The van der Waals surface area contributed by atoms with Gasteiger partial charge in [-0.2, -0.15) is 0 Å². The van der Waals surface area contributed by atoms with Gasteiger partial charge in [-0.3, -0.25) is 0 Å². The highest BCUT2D eigenvalue weighted by molar-refractivity contribution is 7.90. The molecule has 1 aromatic rings. The molecule has 1 aliphatic rings. The summed E-state index contributed by atoms with van der Waals surface area (Å²) in [7, 11) is -1.77. The fourth-order valence-corrected chi connectivity index (χ4v) is 3.05. The Hall–Kier alpha value is -1.11. The second-order valence-electron chi connectivity index (χ2n) is 4.21. The van der Waals surface area contributed by atoms with Crippen molar-refractivity contribution in [1.29, 1.82) is 0 Å². The van der Waals surface area contributed by atoms with E-state index in [1.54, 1.807) is 18.2 Å². The van der Waals surface area contributed by atoms with Gasteiger partial charge in [-0.05, 0) is 12.1 Å². The molecule has 5 nitrogen and oxygen atoms in total. The lowest BCUT2D eigenvalue weighted by Gasteiger charge is -2.26. The summed E-state index contributed by atoms with van der Waals surface area (Å²) >= 11 is 0. The van der Waals surface area contributed by atoms with E-state index in [-0.39, 0.29) is 11.0 Å². The van der Waals surface area contributed by atoms with Gasteiger partial charge in [0.05, 0.1) is 24.7 Å². The minimum absolute atomic E-state index is 0.274. The van der Waals surface area contributed by atoms with Crippen molar-refractivity contribution in [2.24, 2.45) is 0 Å². The van der Waals surface area contributed by atoms with Crippen LogP contribution in [0.5, 0.6) is 5.75 Å². The summed E-state index contributed by atoms with van der Waals surface area (Å²) in [6, 6.07) is 5.02. The molecule has 0 radical (unpaired) electrons. The normalized spacial score (nSPS) is 20.7. The molecule has 1 N–H and O–H groups in total. The molecule has 2 rings (SSSR count). The first-order valence-corrected chi connectivity index (χ1v) is 7.62. The highest BCUT2D eigenvalue weighted by atomic mass is 32.2. The molecule has 1 fully saturated rings. The van der Waals surface area contributed by atoms with Gasteiger partial charge in [0.25, 0.3) is 0 Å². The molecule has 0 saturated carbocycles. The number of morpholine rings is 1. The van der Waals surface area contributed by atoms with E-state index < -0.39 is 9.84 Å². The molecule has 1 saturated heterocycles. The van der Waals surface area contributed by atoms with Crippen LogP contribution in [0.15, 0.2) is 23.1 Å². The molecule has 0 spiro atoms. The van der Waals surface area contributed by atoms with Crippen LogP contribution in [0.1, 0.15) is 11.7 Å². The maximum Gasteiger partial charge on any atom is 0.176 e. The van der Waals surface area contributed by atoms with Gasteiger partial charge >= 0.3 is 0 Å². The number of hydrogen-bond acceptors (Lipinski definition) is 5. The summed E-state index contributed by atoms with van der Waals surface area (Å²) < 4.78 is 34.6. The number of benzene rings is 1. The Morgan fingerprint density at radius 3 is 2.78 bits per heavy atom. The zero-order chi connectivity index (χ0) is 13.2. The van der Waals surface area contributed by atoms with Crippen LogP contribution in [0, 0.1) is 0 Å². The van der Waals surface area contributed by atoms with Gasteiger partial charge in [0.15, 0.2) is 9.84 Å².